The van der Waals surface area contributed by atoms with Crippen molar-refractivity contribution in [3.63, 3.8) is 0 Å². The van der Waals surface area contributed by atoms with Crippen LogP contribution in [0.25, 0.3) is 0 Å². The Kier molecular flexibility index (Phi) is 5.41. The Bertz CT molecular complexity index is 439. The van der Waals surface area contributed by atoms with E-state index < -0.39 is 0 Å². The summed E-state index contributed by atoms with van der Waals surface area (Å²) in [5, 5.41) is 2.92. The summed E-state index contributed by atoms with van der Waals surface area (Å²) < 4.78 is 11.3. The zero-order valence-electron chi connectivity index (χ0n) is 12.2. The third-order valence-electron chi connectivity index (χ3n) is 3.25. The minimum atomic E-state index is -0.0818. The molecule has 1 atom stereocenters. The fourth-order valence-electron chi connectivity index (χ4n) is 2.13. The van der Waals surface area contributed by atoms with Crippen molar-refractivity contribution in [2.45, 2.75) is 32.8 Å². The predicted molar refractivity (Wildman–Crippen MR) is 78.1 cm³/mol. The number of ether oxygens (including phenoxy) is 2. The maximum atomic E-state index is 12.1. The standard InChI is InChI=1S/C16H23NO3/c1-12(2)10-17-16(18)14-7-3-4-8-15(14)20-11-13-6-5-9-19-13/h3-4,7-8,12-13H,5-6,9-11H2,1-2H3,(H,17,18)/t13-/m0/s1. The average molecular weight is 277 g/mol. The molecule has 1 aliphatic heterocycles. The topological polar surface area (TPSA) is 47.6 Å². The molecule has 1 aromatic carbocycles. The Hall–Kier alpha value is -1.55. The first kappa shape index (κ1) is 14.9. The minimum absolute atomic E-state index is 0.0818. The van der Waals surface area contributed by atoms with Gasteiger partial charge in [0, 0.05) is 13.2 Å². The van der Waals surface area contributed by atoms with Gasteiger partial charge in [0.05, 0.1) is 11.7 Å². The van der Waals surface area contributed by atoms with E-state index in [9.17, 15) is 4.79 Å². The van der Waals surface area contributed by atoms with Crippen molar-refractivity contribution in [3.05, 3.63) is 29.8 Å². The summed E-state index contributed by atoms with van der Waals surface area (Å²) in [7, 11) is 0. The Morgan fingerprint density at radius 1 is 1.45 bits per heavy atom. The molecule has 1 aliphatic rings. The van der Waals surface area contributed by atoms with Crippen LogP contribution in [-0.4, -0.2) is 31.8 Å². The van der Waals surface area contributed by atoms with Crippen LogP contribution >= 0.6 is 0 Å². The molecule has 4 nitrogen and oxygen atoms in total. The molecule has 0 bridgehead atoms. The molecule has 1 fully saturated rings. The molecule has 1 heterocycles. The average Bonchev–Trinajstić information content (AvgIpc) is 2.96. The molecular formula is C16H23NO3. The van der Waals surface area contributed by atoms with E-state index in [0.717, 1.165) is 19.4 Å². The molecule has 1 N–H and O–H groups in total. The molecule has 0 unspecified atom stereocenters. The fraction of sp³-hybridized carbons (Fsp3) is 0.562. The molecule has 2 rings (SSSR count). The van der Waals surface area contributed by atoms with Crippen LogP contribution in [0.5, 0.6) is 5.75 Å². The minimum Gasteiger partial charge on any atom is -0.490 e. The van der Waals surface area contributed by atoms with Gasteiger partial charge in [-0.2, -0.15) is 0 Å². The number of rotatable bonds is 6. The van der Waals surface area contributed by atoms with E-state index in [1.54, 1.807) is 6.07 Å². The first-order chi connectivity index (χ1) is 9.66. The number of amides is 1. The van der Waals surface area contributed by atoms with Gasteiger partial charge in [0.15, 0.2) is 0 Å². The highest BCUT2D eigenvalue weighted by Crippen LogP contribution is 2.20. The van der Waals surface area contributed by atoms with Crippen LogP contribution in [0.4, 0.5) is 0 Å². The molecule has 0 saturated carbocycles. The normalized spacial score (nSPS) is 18.2. The van der Waals surface area contributed by atoms with E-state index >= 15 is 0 Å². The lowest BCUT2D eigenvalue weighted by Crippen LogP contribution is -2.28. The third-order valence-corrected chi connectivity index (χ3v) is 3.25. The Morgan fingerprint density at radius 3 is 2.95 bits per heavy atom. The zero-order chi connectivity index (χ0) is 14.4. The van der Waals surface area contributed by atoms with Gasteiger partial charge < -0.3 is 14.8 Å². The molecule has 110 valence electrons. The summed E-state index contributed by atoms with van der Waals surface area (Å²) in [6.07, 6.45) is 2.27. The van der Waals surface area contributed by atoms with Crippen LogP contribution in [0.1, 0.15) is 37.0 Å². The Labute approximate surface area is 120 Å². The summed E-state index contributed by atoms with van der Waals surface area (Å²) in [5.74, 6) is 0.977. The van der Waals surface area contributed by atoms with Crippen molar-refractivity contribution in [3.8, 4) is 5.75 Å². The first-order valence-electron chi connectivity index (χ1n) is 7.28. The van der Waals surface area contributed by atoms with Gasteiger partial charge in [0.1, 0.15) is 12.4 Å². The van der Waals surface area contributed by atoms with Gasteiger partial charge in [-0.15, -0.1) is 0 Å². The zero-order valence-corrected chi connectivity index (χ0v) is 12.2. The number of hydrogen-bond donors (Lipinski definition) is 1. The second-order valence-corrected chi connectivity index (χ2v) is 5.55. The molecule has 0 aliphatic carbocycles. The number of hydrogen-bond acceptors (Lipinski definition) is 3. The molecule has 1 aromatic rings. The van der Waals surface area contributed by atoms with E-state index in [1.165, 1.54) is 0 Å². The summed E-state index contributed by atoms with van der Waals surface area (Å²) in [6.45, 7) is 6.12. The Balaban J connectivity index is 1.95. The van der Waals surface area contributed by atoms with Crippen LogP contribution in [-0.2, 0) is 4.74 Å². The molecule has 1 amide bonds. The van der Waals surface area contributed by atoms with Crippen molar-refractivity contribution in [2.75, 3.05) is 19.8 Å². The number of carbonyl (C=O) groups excluding carboxylic acids is 1. The van der Waals surface area contributed by atoms with Crippen LogP contribution in [0.3, 0.4) is 0 Å². The highest BCUT2D eigenvalue weighted by molar-refractivity contribution is 5.96. The predicted octanol–water partition coefficient (Wildman–Crippen LogP) is 2.63. The lowest BCUT2D eigenvalue weighted by Gasteiger charge is -2.15. The molecule has 0 aromatic heterocycles. The third kappa shape index (κ3) is 4.23. The van der Waals surface area contributed by atoms with Gasteiger partial charge >= 0.3 is 0 Å². The molecule has 0 spiro atoms. The summed E-state index contributed by atoms with van der Waals surface area (Å²) in [5.41, 5.74) is 0.589. The first-order valence-corrected chi connectivity index (χ1v) is 7.28. The van der Waals surface area contributed by atoms with Crippen LogP contribution < -0.4 is 10.1 Å². The van der Waals surface area contributed by atoms with Crippen molar-refractivity contribution >= 4 is 5.91 Å². The van der Waals surface area contributed by atoms with Crippen molar-refractivity contribution in [1.82, 2.24) is 5.32 Å². The van der Waals surface area contributed by atoms with E-state index in [1.807, 2.05) is 18.2 Å². The quantitative estimate of drug-likeness (QED) is 0.869. The molecule has 20 heavy (non-hydrogen) atoms. The maximum absolute atomic E-state index is 12.1. The number of benzene rings is 1. The fourth-order valence-corrected chi connectivity index (χ4v) is 2.13. The van der Waals surface area contributed by atoms with E-state index in [2.05, 4.69) is 19.2 Å². The summed E-state index contributed by atoms with van der Waals surface area (Å²) in [6, 6.07) is 7.35. The van der Waals surface area contributed by atoms with Crippen molar-refractivity contribution < 1.29 is 14.3 Å². The van der Waals surface area contributed by atoms with Gasteiger partial charge in [-0.25, -0.2) is 0 Å². The van der Waals surface area contributed by atoms with E-state index in [0.29, 0.717) is 30.4 Å². The summed E-state index contributed by atoms with van der Waals surface area (Å²) >= 11 is 0. The van der Waals surface area contributed by atoms with Gasteiger partial charge in [0.2, 0.25) is 0 Å². The highest BCUT2D eigenvalue weighted by Gasteiger charge is 2.18. The molecule has 0 radical (unpaired) electrons. The Morgan fingerprint density at radius 2 is 2.25 bits per heavy atom. The van der Waals surface area contributed by atoms with E-state index in [4.69, 9.17) is 9.47 Å². The molecule has 4 heteroatoms. The van der Waals surface area contributed by atoms with Gasteiger partial charge in [-0.1, -0.05) is 26.0 Å². The summed E-state index contributed by atoms with van der Waals surface area (Å²) in [4.78, 5) is 12.1. The monoisotopic (exact) mass is 277 g/mol. The second-order valence-electron chi connectivity index (χ2n) is 5.55. The van der Waals surface area contributed by atoms with Crippen LogP contribution in [0, 0.1) is 5.92 Å². The lowest BCUT2D eigenvalue weighted by atomic mass is 10.1. The van der Waals surface area contributed by atoms with Crippen LogP contribution in [0.2, 0.25) is 0 Å². The lowest BCUT2D eigenvalue weighted by molar-refractivity contribution is 0.0670. The second kappa shape index (κ2) is 7.29. The molecular weight excluding hydrogens is 254 g/mol. The van der Waals surface area contributed by atoms with Crippen molar-refractivity contribution in [2.24, 2.45) is 5.92 Å². The van der Waals surface area contributed by atoms with Crippen LogP contribution in [0.15, 0.2) is 24.3 Å². The largest absolute Gasteiger partial charge is 0.490 e. The number of para-hydroxylation sites is 1. The van der Waals surface area contributed by atoms with Gasteiger partial charge in [-0.3, -0.25) is 4.79 Å². The van der Waals surface area contributed by atoms with E-state index in [-0.39, 0.29) is 12.0 Å². The van der Waals surface area contributed by atoms with Gasteiger partial charge in [0.25, 0.3) is 5.91 Å². The van der Waals surface area contributed by atoms with Gasteiger partial charge in [-0.05, 0) is 30.9 Å². The van der Waals surface area contributed by atoms with Crippen molar-refractivity contribution in [1.29, 1.82) is 0 Å². The number of nitrogens with one attached hydrogen (secondary N) is 1. The smallest absolute Gasteiger partial charge is 0.255 e. The molecule has 1 saturated heterocycles. The highest BCUT2D eigenvalue weighted by atomic mass is 16.5. The SMILES string of the molecule is CC(C)CNC(=O)c1ccccc1OC[C@@H]1CCCO1. The maximum Gasteiger partial charge on any atom is 0.255 e. The number of carbonyl (C=O) groups is 1.